The first kappa shape index (κ1) is 15.2. The van der Waals surface area contributed by atoms with Crippen LogP contribution in [0.3, 0.4) is 0 Å². The molecule has 2 N–H and O–H groups in total. The molecule has 1 aliphatic rings. The van der Waals surface area contributed by atoms with Gasteiger partial charge in [0.1, 0.15) is 4.99 Å². The van der Waals surface area contributed by atoms with Crippen molar-refractivity contribution in [1.82, 2.24) is 0 Å². The maximum absolute atomic E-state index is 11.5. The summed E-state index contributed by atoms with van der Waals surface area (Å²) in [5, 5.41) is 0. The highest BCUT2D eigenvalue weighted by atomic mass is 79.9. The van der Waals surface area contributed by atoms with E-state index in [4.69, 9.17) is 27.4 Å². The number of hydrogen-bond acceptors (Lipinski definition) is 5. The molecule has 1 aliphatic heterocycles. The Kier molecular flexibility index (Phi) is 4.95. The molecule has 2 rings (SSSR count). The molecule has 20 heavy (non-hydrogen) atoms. The number of anilines is 1. The molecule has 0 amide bonds. The summed E-state index contributed by atoms with van der Waals surface area (Å²) >= 11 is 8.43. The molecular weight excluding hydrogens is 344 g/mol. The number of esters is 1. The van der Waals surface area contributed by atoms with Crippen molar-refractivity contribution in [3.8, 4) is 0 Å². The van der Waals surface area contributed by atoms with Gasteiger partial charge in [0.2, 0.25) is 0 Å². The lowest BCUT2D eigenvalue weighted by atomic mass is 10.1. The third-order valence-corrected chi connectivity index (χ3v) is 3.99. The average molecular weight is 359 g/mol. The summed E-state index contributed by atoms with van der Waals surface area (Å²) < 4.78 is 11.0. The molecule has 0 spiro atoms. The van der Waals surface area contributed by atoms with Gasteiger partial charge in [-0.25, -0.2) is 4.79 Å². The second kappa shape index (κ2) is 6.51. The third kappa shape index (κ3) is 3.28. The van der Waals surface area contributed by atoms with Crippen molar-refractivity contribution in [2.24, 2.45) is 5.73 Å². The monoisotopic (exact) mass is 358 g/mol. The molecule has 1 aromatic rings. The second-order valence-electron chi connectivity index (χ2n) is 4.36. The van der Waals surface area contributed by atoms with Crippen LogP contribution in [-0.4, -0.2) is 43.9 Å². The van der Waals surface area contributed by atoms with Crippen LogP contribution >= 0.6 is 28.1 Å². The zero-order valence-electron chi connectivity index (χ0n) is 11.0. The third-order valence-electron chi connectivity index (χ3n) is 3.11. The van der Waals surface area contributed by atoms with Crippen molar-refractivity contribution in [3.05, 3.63) is 28.2 Å². The van der Waals surface area contributed by atoms with Crippen molar-refractivity contribution in [2.75, 3.05) is 31.7 Å². The Hall–Kier alpha value is -1.18. The molecule has 7 heteroatoms. The minimum atomic E-state index is -0.553. The number of morpholine rings is 1. The number of nitrogens with zero attached hydrogens (tertiary/aromatic N) is 1. The minimum absolute atomic E-state index is 0.345. The predicted molar refractivity (Wildman–Crippen MR) is 84.0 cm³/mol. The highest BCUT2D eigenvalue weighted by Gasteiger charge is 2.27. The topological polar surface area (TPSA) is 64.8 Å². The molecule has 0 saturated carbocycles. The number of rotatable bonds is 3. The van der Waals surface area contributed by atoms with Crippen LogP contribution in [0.15, 0.2) is 22.7 Å². The minimum Gasteiger partial charge on any atom is -0.467 e. The molecule has 1 atom stereocenters. The summed E-state index contributed by atoms with van der Waals surface area (Å²) in [6.45, 7) is 1.66. The highest BCUT2D eigenvalue weighted by Crippen LogP contribution is 2.25. The van der Waals surface area contributed by atoms with Crippen molar-refractivity contribution in [1.29, 1.82) is 0 Å². The quantitative estimate of drug-likeness (QED) is 0.651. The predicted octanol–water partition coefficient (Wildman–Crippen LogP) is 1.46. The Morgan fingerprint density at radius 3 is 2.95 bits per heavy atom. The number of thiocarbonyl (C=S) groups is 1. The molecule has 0 aromatic heterocycles. The van der Waals surface area contributed by atoms with Crippen LogP contribution < -0.4 is 10.6 Å². The molecule has 1 aromatic carbocycles. The van der Waals surface area contributed by atoms with Crippen LogP contribution in [0.4, 0.5) is 5.69 Å². The Morgan fingerprint density at radius 2 is 2.35 bits per heavy atom. The molecule has 0 aliphatic carbocycles. The van der Waals surface area contributed by atoms with E-state index in [1.807, 2.05) is 18.2 Å². The number of benzene rings is 1. The second-order valence-corrected chi connectivity index (χ2v) is 5.65. The Morgan fingerprint density at radius 1 is 1.60 bits per heavy atom. The molecule has 1 fully saturated rings. The molecule has 0 bridgehead atoms. The smallest absolute Gasteiger partial charge is 0.336 e. The first-order valence-corrected chi connectivity index (χ1v) is 7.26. The molecular formula is C13H15BrN2O3S. The van der Waals surface area contributed by atoms with Crippen molar-refractivity contribution in [2.45, 2.75) is 6.10 Å². The van der Waals surface area contributed by atoms with Gasteiger partial charge in [-0.1, -0.05) is 12.2 Å². The van der Waals surface area contributed by atoms with E-state index in [1.54, 1.807) is 0 Å². The number of hydrogen-bond donors (Lipinski definition) is 1. The van der Waals surface area contributed by atoms with Crippen molar-refractivity contribution >= 4 is 44.8 Å². The molecule has 1 heterocycles. The number of nitrogens with two attached hydrogens (primary N) is 1. The van der Waals surface area contributed by atoms with E-state index in [0.29, 0.717) is 24.7 Å². The van der Waals surface area contributed by atoms with Gasteiger partial charge in [0.15, 0.2) is 6.10 Å². The normalized spacial score (nSPS) is 18.7. The lowest BCUT2D eigenvalue weighted by Gasteiger charge is -2.33. The van der Waals surface area contributed by atoms with Gasteiger partial charge in [0.05, 0.1) is 20.3 Å². The summed E-state index contributed by atoms with van der Waals surface area (Å²) in [4.78, 5) is 14.0. The van der Waals surface area contributed by atoms with Crippen LogP contribution in [-0.2, 0) is 14.3 Å². The first-order chi connectivity index (χ1) is 9.52. The number of carbonyl (C=O) groups excluding carboxylic acids is 1. The zero-order chi connectivity index (χ0) is 14.7. The fourth-order valence-electron chi connectivity index (χ4n) is 2.06. The van der Waals surface area contributed by atoms with Gasteiger partial charge in [-0.2, -0.15) is 0 Å². The lowest BCUT2D eigenvalue weighted by molar-refractivity contribution is -0.154. The molecule has 108 valence electrons. The van der Waals surface area contributed by atoms with Gasteiger partial charge >= 0.3 is 5.97 Å². The van der Waals surface area contributed by atoms with Crippen molar-refractivity contribution in [3.63, 3.8) is 0 Å². The molecule has 1 unspecified atom stereocenters. The van der Waals surface area contributed by atoms with E-state index >= 15 is 0 Å². The van der Waals surface area contributed by atoms with E-state index in [0.717, 1.165) is 15.7 Å². The Bertz CT molecular complexity index is 538. The summed E-state index contributed by atoms with van der Waals surface area (Å²) in [6, 6.07) is 5.73. The number of carbonyl (C=O) groups is 1. The Balaban J connectivity index is 2.17. The lowest BCUT2D eigenvalue weighted by Crippen LogP contribution is -2.46. The van der Waals surface area contributed by atoms with E-state index in [1.165, 1.54) is 7.11 Å². The van der Waals surface area contributed by atoms with Crippen molar-refractivity contribution < 1.29 is 14.3 Å². The van der Waals surface area contributed by atoms with Gasteiger partial charge in [0, 0.05) is 22.3 Å². The highest BCUT2D eigenvalue weighted by molar-refractivity contribution is 9.10. The van der Waals surface area contributed by atoms with Crippen LogP contribution in [0.5, 0.6) is 0 Å². The fraction of sp³-hybridized carbons (Fsp3) is 0.385. The van der Waals surface area contributed by atoms with Gasteiger partial charge in [-0.15, -0.1) is 0 Å². The zero-order valence-corrected chi connectivity index (χ0v) is 13.4. The van der Waals surface area contributed by atoms with Gasteiger partial charge in [0.25, 0.3) is 0 Å². The standard InChI is InChI=1S/C13H15BrN2O3S/c1-18-13(17)11-7-16(4-5-19-11)8-2-3-9(12(15)20)10(14)6-8/h2-3,6,11H,4-5,7H2,1H3,(H2,15,20). The molecule has 0 radical (unpaired) electrons. The van der Waals surface area contributed by atoms with E-state index in [2.05, 4.69) is 20.8 Å². The van der Waals surface area contributed by atoms with E-state index < -0.39 is 6.10 Å². The van der Waals surface area contributed by atoms with Gasteiger partial charge in [-0.05, 0) is 34.1 Å². The Labute approximate surface area is 131 Å². The average Bonchev–Trinajstić information content (AvgIpc) is 2.46. The SMILES string of the molecule is COC(=O)C1CN(c2ccc(C(N)=S)c(Br)c2)CCO1. The summed E-state index contributed by atoms with van der Waals surface area (Å²) in [5.74, 6) is -0.353. The van der Waals surface area contributed by atoms with Crippen LogP contribution in [0.1, 0.15) is 5.56 Å². The maximum Gasteiger partial charge on any atom is 0.336 e. The molecule has 5 nitrogen and oxygen atoms in total. The summed E-state index contributed by atoms with van der Waals surface area (Å²) in [7, 11) is 1.36. The maximum atomic E-state index is 11.5. The number of halogens is 1. The van der Waals surface area contributed by atoms with E-state index in [-0.39, 0.29) is 5.97 Å². The van der Waals surface area contributed by atoms with Crippen LogP contribution in [0.2, 0.25) is 0 Å². The fourth-order valence-corrected chi connectivity index (χ4v) is 2.95. The largest absolute Gasteiger partial charge is 0.467 e. The van der Waals surface area contributed by atoms with Crippen LogP contribution in [0, 0.1) is 0 Å². The first-order valence-electron chi connectivity index (χ1n) is 6.06. The number of ether oxygens (including phenoxy) is 2. The number of methoxy groups -OCH3 is 1. The van der Waals surface area contributed by atoms with E-state index in [9.17, 15) is 4.79 Å². The summed E-state index contributed by atoms with van der Waals surface area (Å²) in [6.07, 6.45) is -0.553. The summed E-state index contributed by atoms with van der Waals surface area (Å²) in [5.41, 5.74) is 7.40. The molecule has 1 saturated heterocycles. The van der Waals surface area contributed by atoms with Crippen LogP contribution in [0.25, 0.3) is 0 Å². The van der Waals surface area contributed by atoms with Gasteiger partial charge < -0.3 is 20.1 Å². The van der Waals surface area contributed by atoms with Gasteiger partial charge in [-0.3, -0.25) is 0 Å².